The highest BCUT2D eigenvalue weighted by Gasteiger charge is 2.11. The van der Waals surface area contributed by atoms with E-state index in [1.807, 2.05) is 18.5 Å². The van der Waals surface area contributed by atoms with Gasteiger partial charge in [0.25, 0.3) is 0 Å². The third kappa shape index (κ3) is 2.43. The van der Waals surface area contributed by atoms with Gasteiger partial charge in [-0.2, -0.15) is 0 Å². The van der Waals surface area contributed by atoms with Crippen LogP contribution in [0.4, 0.5) is 4.39 Å². The smallest absolute Gasteiger partial charge is 0.131 e. The van der Waals surface area contributed by atoms with E-state index >= 15 is 0 Å². The minimum absolute atomic E-state index is 0.286. The van der Waals surface area contributed by atoms with Crippen LogP contribution in [0.5, 0.6) is 0 Å². The summed E-state index contributed by atoms with van der Waals surface area (Å²) in [5.74, 6) is 0.501. The number of aryl methyl sites for hydroxylation is 1. The summed E-state index contributed by atoms with van der Waals surface area (Å²) in [7, 11) is 1.90. The molecule has 0 aliphatic rings. The lowest BCUT2D eigenvalue weighted by atomic mass is 10.2. The zero-order valence-corrected chi connectivity index (χ0v) is 12.4. The number of aromatic nitrogens is 3. The first-order chi connectivity index (χ1) is 10.6. The molecule has 6 heteroatoms. The Bertz CT molecular complexity index is 908. The summed E-state index contributed by atoms with van der Waals surface area (Å²) in [6.07, 6.45) is 4.90. The van der Waals surface area contributed by atoms with E-state index in [2.05, 4.69) is 15.0 Å². The summed E-state index contributed by atoms with van der Waals surface area (Å²) in [6, 6.07) is 4.57. The predicted molar refractivity (Wildman–Crippen MR) is 86.1 cm³/mol. The Morgan fingerprint density at radius 2 is 2.23 bits per heavy atom. The average Bonchev–Trinajstić information content (AvgIpc) is 2.84. The molecule has 112 valence electrons. The van der Waals surface area contributed by atoms with Gasteiger partial charge in [0.1, 0.15) is 17.2 Å². The molecule has 2 aromatic heterocycles. The molecule has 0 saturated heterocycles. The third-order valence-electron chi connectivity index (χ3n) is 3.54. The molecule has 0 aliphatic heterocycles. The van der Waals surface area contributed by atoms with Crippen molar-refractivity contribution in [2.75, 3.05) is 0 Å². The summed E-state index contributed by atoms with van der Waals surface area (Å²) in [5.41, 5.74) is 8.62. The van der Waals surface area contributed by atoms with Crippen molar-refractivity contribution in [3.8, 4) is 0 Å². The molecule has 2 N–H and O–H groups in total. The fourth-order valence-corrected chi connectivity index (χ4v) is 2.37. The van der Waals surface area contributed by atoms with Crippen LogP contribution in [0.3, 0.4) is 0 Å². The Hall–Kier alpha value is -2.76. The van der Waals surface area contributed by atoms with Gasteiger partial charge in [0, 0.05) is 18.6 Å². The molecule has 0 fully saturated rings. The van der Waals surface area contributed by atoms with Crippen molar-refractivity contribution in [2.24, 2.45) is 17.8 Å². The van der Waals surface area contributed by atoms with Crippen LogP contribution in [0, 0.1) is 5.82 Å². The lowest BCUT2D eigenvalue weighted by Gasteiger charge is -2.03. The van der Waals surface area contributed by atoms with Gasteiger partial charge in [0.2, 0.25) is 0 Å². The number of benzene rings is 1. The molecule has 0 amide bonds. The van der Waals surface area contributed by atoms with Crippen LogP contribution in [0.25, 0.3) is 21.9 Å². The molecule has 0 unspecified atom stereocenters. The minimum Gasteiger partial charge on any atom is -0.404 e. The number of halogens is 1. The first-order valence-electron chi connectivity index (χ1n) is 6.88. The molecule has 1 aromatic carbocycles. The van der Waals surface area contributed by atoms with Crippen molar-refractivity contribution < 1.29 is 4.39 Å². The summed E-state index contributed by atoms with van der Waals surface area (Å²) in [4.78, 5) is 13.2. The van der Waals surface area contributed by atoms with Crippen molar-refractivity contribution in [2.45, 2.75) is 13.5 Å². The number of rotatable bonds is 3. The predicted octanol–water partition coefficient (Wildman–Crippen LogP) is 2.69. The molecule has 5 nitrogen and oxygen atoms in total. The number of imidazole rings is 1. The quantitative estimate of drug-likeness (QED) is 0.756. The SMILES string of the molecule is CC(C=NCc1nc2cnc3ccc(F)cc3c2n1C)=CN. The van der Waals surface area contributed by atoms with Crippen LogP contribution in [0.15, 0.2) is 41.2 Å². The number of nitrogens with zero attached hydrogens (tertiary/aromatic N) is 4. The topological polar surface area (TPSA) is 69.1 Å². The summed E-state index contributed by atoms with van der Waals surface area (Å²) in [6.45, 7) is 2.30. The maximum atomic E-state index is 13.5. The average molecular weight is 297 g/mol. The van der Waals surface area contributed by atoms with Gasteiger partial charge >= 0.3 is 0 Å². The van der Waals surface area contributed by atoms with E-state index in [0.29, 0.717) is 6.54 Å². The molecule has 0 atom stereocenters. The Labute approximate surface area is 127 Å². The van der Waals surface area contributed by atoms with Gasteiger partial charge in [-0.05, 0) is 36.9 Å². The maximum Gasteiger partial charge on any atom is 0.131 e. The second-order valence-electron chi connectivity index (χ2n) is 5.12. The second-order valence-corrected chi connectivity index (χ2v) is 5.12. The normalized spacial score (nSPS) is 12.8. The van der Waals surface area contributed by atoms with Crippen LogP contribution >= 0.6 is 0 Å². The number of hydrogen-bond donors (Lipinski definition) is 1. The molecular formula is C16H16FN5. The Morgan fingerprint density at radius 3 is 3.00 bits per heavy atom. The standard InChI is InChI=1S/C16H16FN5/c1-10(6-18)7-19-9-15-21-14-8-20-13-4-3-11(17)5-12(13)16(14)22(15)2/h3-8H,9,18H2,1-2H3. The molecular weight excluding hydrogens is 281 g/mol. The molecule has 22 heavy (non-hydrogen) atoms. The van der Waals surface area contributed by atoms with Crippen LogP contribution < -0.4 is 5.73 Å². The largest absolute Gasteiger partial charge is 0.404 e. The first kappa shape index (κ1) is 14.2. The van der Waals surface area contributed by atoms with Crippen LogP contribution in [0.1, 0.15) is 12.7 Å². The van der Waals surface area contributed by atoms with Gasteiger partial charge in [-0.3, -0.25) is 9.98 Å². The van der Waals surface area contributed by atoms with E-state index in [4.69, 9.17) is 5.73 Å². The Morgan fingerprint density at radius 1 is 1.41 bits per heavy atom. The Kier molecular flexibility index (Phi) is 3.58. The lowest BCUT2D eigenvalue weighted by molar-refractivity contribution is 0.629. The van der Waals surface area contributed by atoms with E-state index in [0.717, 1.165) is 33.3 Å². The highest BCUT2D eigenvalue weighted by atomic mass is 19.1. The molecule has 2 heterocycles. The fraction of sp³-hybridized carbons (Fsp3) is 0.188. The number of hydrogen-bond acceptors (Lipinski definition) is 4. The van der Waals surface area contributed by atoms with Gasteiger partial charge in [-0.25, -0.2) is 9.37 Å². The molecule has 0 spiro atoms. The summed E-state index contributed by atoms with van der Waals surface area (Å²) in [5, 5.41) is 0.751. The highest BCUT2D eigenvalue weighted by Crippen LogP contribution is 2.24. The van der Waals surface area contributed by atoms with E-state index in [1.165, 1.54) is 18.3 Å². The van der Waals surface area contributed by atoms with Crippen LogP contribution in [-0.4, -0.2) is 20.7 Å². The first-order valence-corrected chi connectivity index (χ1v) is 6.88. The van der Waals surface area contributed by atoms with Crippen LogP contribution in [-0.2, 0) is 13.6 Å². The fourth-order valence-electron chi connectivity index (χ4n) is 2.37. The molecule has 0 saturated carbocycles. The maximum absolute atomic E-state index is 13.5. The third-order valence-corrected chi connectivity index (χ3v) is 3.54. The van der Waals surface area contributed by atoms with Gasteiger partial charge < -0.3 is 10.3 Å². The van der Waals surface area contributed by atoms with Crippen molar-refractivity contribution in [3.63, 3.8) is 0 Å². The van der Waals surface area contributed by atoms with E-state index in [9.17, 15) is 4.39 Å². The van der Waals surface area contributed by atoms with Crippen molar-refractivity contribution in [1.82, 2.24) is 14.5 Å². The van der Waals surface area contributed by atoms with E-state index in [-0.39, 0.29) is 5.82 Å². The molecule has 3 aromatic rings. The molecule has 0 aliphatic carbocycles. The lowest BCUT2D eigenvalue weighted by Crippen LogP contribution is -1.97. The van der Waals surface area contributed by atoms with Crippen molar-refractivity contribution in [3.05, 3.63) is 47.8 Å². The number of fused-ring (bicyclic) bond motifs is 3. The summed E-state index contributed by atoms with van der Waals surface area (Å²) >= 11 is 0. The van der Waals surface area contributed by atoms with E-state index in [1.54, 1.807) is 18.5 Å². The van der Waals surface area contributed by atoms with Gasteiger partial charge in [0.05, 0.1) is 23.8 Å². The van der Waals surface area contributed by atoms with Gasteiger partial charge in [-0.15, -0.1) is 0 Å². The summed E-state index contributed by atoms with van der Waals surface area (Å²) < 4.78 is 15.5. The van der Waals surface area contributed by atoms with E-state index < -0.39 is 0 Å². The van der Waals surface area contributed by atoms with Gasteiger partial charge in [0.15, 0.2) is 0 Å². The van der Waals surface area contributed by atoms with Crippen LogP contribution in [0.2, 0.25) is 0 Å². The van der Waals surface area contributed by atoms with Gasteiger partial charge in [-0.1, -0.05) is 0 Å². The molecule has 3 rings (SSSR count). The highest BCUT2D eigenvalue weighted by molar-refractivity contribution is 6.02. The zero-order chi connectivity index (χ0) is 15.7. The number of aliphatic imine (C=N–C) groups is 1. The Balaban J connectivity index is 2.11. The zero-order valence-electron chi connectivity index (χ0n) is 12.4. The van der Waals surface area contributed by atoms with Crippen molar-refractivity contribution >= 4 is 28.2 Å². The number of allylic oxidation sites excluding steroid dienone is 1. The second kappa shape index (κ2) is 5.55. The number of pyridine rings is 1. The monoisotopic (exact) mass is 297 g/mol. The molecule has 0 radical (unpaired) electrons. The number of nitrogens with two attached hydrogens (primary N) is 1. The minimum atomic E-state index is -0.286. The van der Waals surface area contributed by atoms with Crippen molar-refractivity contribution in [1.29, 1.82) is 0 Å². The molecule has 0 bridgehead atoms.